The summed E-state index contributed by atoms with van der Waals surface area (Å²) in [5.74, 6) is 0.947. The fourth-order valence-electron chi connectivity index (χ4n) is 1.89. The average Bonchev–Trinajstić information content (AvgIpc) is 2.19. The lowest BCUT2D eigenvalue weighted by molar-refractivity contribution is -0.124. The van der Waals surface area contributed by atoms with Gasteiger partial charge in [0.2, 0.25) is 5.91 Å². The van der Waals surface area contributed by atoms with Crippen molar-refractivity contribution in [1.82, 2.24) is 4.98 Å². The topological polar surface area (TPSA) is 68.0 Å². The highest BCUT2D eigenvalue weighted by Crippen LogP contribution is 2.26. The monoisotopic (exact) mass is 271 g/mol. The Morgan fingerprint density at radius 3 is 2.50 bits per heavy atom. The van der Waals surface area contributed by atoms with Crippen LogP contribution in [0.25, 0.3) is 0 Å². The maximum atomic E-state index is 12.1. The lowest BCUT2D eigenvalue weighted by Crippen LogP contribution is -2.32. The van der Waals surface area contributed by atoms with Crippen LogP contribution in [0.2, 0.25) is 0 Å². The van der Waals surface area contributed by atoms with E-state index in [4.69, 9.17) is 5.73 Å². The molecule has 1 aromatic heterocycles. The normalized spacial score (nSPS) is 10.9. The number of nitrogens with one attached hydrogen (secondary N) is 1. The zero-order valence-corrected chi connectivity index (χ0v) is 12.2. The summed E-state index contributed by atoms with van der Waals surface area (Å²) in [5.41, 5.74) is 5.79. The van der Waals surface area contributed by atoms with Crippen LogP contribution in [0.5, 0.6) is 0 Å². The predicted octanol–water partition coefficient (Wildman–Crippen LogP) is 3.10. The van der Waals surface area contributed by atoms with Gasteiger partial charge >= 0.3 is 0 Å². The molecule has 102 valence electrons. The van der Waals surface area contributed by atoms with Gasteiger partial charge in [0.05, 0.1) is 11.9 Å². The molecular formula is C13H22ClN3O. The van der Waals surface area contributed by atoms with Crippen LogP contribution < -0.4 is 11.1 Å². The molecule has 0 bridgehead atoms. The molecular weight excluding hydrogens is 250 g/mol. The number of nitrogen functional groups attached to an aromatic ring is 1. The third-order valence-electron chi connectivity index (χ3n) is 2.58. The highest BCUT2D eigenvalue weighted by Gasteiger charge is 2.28. The van der Waals surface area contributed by atoms with Crippen LogP contribution in [-0.2, 0) is 4.79 Å². The van der Waals surface area contributed by atoms with Gasteiger partial charge in [0.25, 0.3) is 0 Å². The Bertz CT molecular complexity index is 388. The van der Waals surface area contributed by atoms with Crippen LogP contribution in [0, 0.1) is 11.3 Å². The summed E-state index contributed by atoms with van der Waals surface area (Å²) in [6.07, 6.45) is 2.42. The first kappa shape index (κ1) is 16.7. The second-order valence-corrected chi connectivity index (χ2v) is 5.41. The van der Waals surface area contributed by atoms with E-state index in [2.05, 4.69) is 24.1 Å². The van der Waals surface area contributed by atoms with Crippen molar-refractivity contribution in [2.75, 3.05) is 11.1 Å². The lowest BCUT2D eigenvalue weighted by atomic mass is 9.83. The summed E-state index contributed by atoms with van der Waals surface area (Å²) in [7, 11) is 0. The summed E-state index contributed by atoms with van der Waals surface area (Å²) >= 11 is 0. The second-order valence-electron chi connectivity index (χ2n) is 5.41. The van der Waals surface area contributed by atoms with Crippen LogP contribution in [-0.4, -0.2) is 10.9 Å². The van der Waals surface area contributed by atoms with E-state index in [1.54, 1.807) is 18.3 Å². The van der Waals surface area contributed by atoms with Crippen molar-refractivity contribution in [2.24, 2.45) is 11.3 Å². The first-order valence-corrected chi connectivity index (χ1v) is 5.84. The van der Waals surface area contributed by atoms with Crippen molar-refractivity contribution in [3.8, 4) is 0 Å². The number of hydrogen-bond acceptors (Lipinski definition) is 3. The molecule has 1 rings (SSSR count). The number of anilines is 2. The second kappa shape index (κ2) is 6.59. The Hall–Kier alpha value is -1.29. The maximum Gasteiger partial charge on any atom is 0.230 e. The number of nitrogens with zero attached hydrogens (tertiary/aromatic N) is 1. The van der Waals surface area contributed by atoms with E-state index in [1.165, 1.54) is 0 Å². The number of amides is 1. The number of nitrogens with two attached hydrogens (primary N) is 1. The third-order valence-corrected chi connectivity index (χ3v) is 2.58. The molecule has 0 aliphatic heterocycles. The van der Waals surface area contributed by atoms with Gasteiger partial charge in [0, 0.05) is 5.41 Å². The van der Waals surface area contributed by atoms with Crippen LogP contribution in [0.15, 0.2) is 18.3 Å². The van der Waals surface area contributed by atoms with Crippen LogP contribution in [0.4, 0.5) is 11.5 Å². The van der Waals surface area contributed by atoms with Gasteiger partial charge in [-0.25, -0.2) is 4.98 Å². The van der Waals surface area contributed by atoms with Gasteiger partial charge in [0.15, 0.2) is 0 Å². The molecule has 4 nitrogen and oxygen atoms in total. The third kappa shape index (κ3) is 4.92. The van der Waals surface area contributed by atoms with Gasteiger partial charge in [-0.05, 0) is 24.5 Å². The molecule has 0 unspecified atom stereocenters. The molecule has 0 spiro atoms. The quantitative estimate of drug-likeness (QED) is 0.884. The first-order valence-electron chi connectivity index (χ1n) is 5.84. The van der Waals surface area contributed by atoms with Crippen molar-refractivity contribution < 1.29 is 4.79 Å². The number of aromatic nitrogens is 1. The minimum Gasteiger partial charge on any atom is -0.384 e. The SMILES string of the molecule is CC(C)CC(C)(C)C(=O)Nc1ccc(N)nc1.Cl. The zero-order valence-electron chi connectivity index (χ0n) is 11.4. The van der Waals surface area contributed by atoms with Crippen LogP contribution in [0.3, 0.4) is 0 Å². The fourth-order valence-corrected chi connectivity index (χ4v) is 1.89. The predicted molar refractivity (Wildman–Crippen MR) is 77.8 cm³/mol. The molecule has 1 amide bonds. The fraction of sp³-hybridized carbons (Fsp3) is 0.538. The van der Waals surface area contributed by atoms with Gasteiger partial charge in [-0.15, -0.1) is 12.4 Å². The number of carbonyl (C=O) groups excluding carboxylic acids is 1. The Balaban J connectivity index is 0.00000289. The molecule has 5 heteroatoms. The minimum absolute atomic E-state index is 0. The number of carbonyl (C=O) groups is 1. The molecule has 0 saturated carbocycles. The smallest absolute Gasteiger partial charge is 0.230 e. The van der Waals surface area contributed by atoms with E-state index in [1.807, 2.05) is 13.8 Å². The molecule has 0 radical (unpaired) electrons. The molecule has 0 atom stereocenters. The number of rotatable bonds is 4. The van der Waals surface area contributed by atoms with E-state index in [0.29, 0.717) is 17.4 Å². The molecule has 18 heavy (non-hydrogen) atoms. The lowest BCUT2D eigenvalue weighted by Gasteiger charge is -2.25. The summed E-state index contributed by atoms with van der Waals surface area (Å²) in [4.78, 5) is 16.0. The summed E-state index contributed by atoms with van der Waals surface area (Å²) in [6, 6.07) is 3.43. The molecule has 0 saturated heterocycles. The summed E-state index contributed by atoms with van der Waals surface area (Å²) in [6.45, 7) is 8.12. The maximum absolute atomic E-state index is 12.1. The van der Waals surface area contributed by atoms with E-state index in [0.717, 1.165) is 6.42 Å². The number of halogens is 1. The molecule has 0 aromatic carbocycles. The van der Waals surface area contributed by atoms with Crippen molar-refractivity contribution in [1.29, 1.82) is 0 Å². The van der Waals surface area contributed by atoms with Gasteiger partial charge < -0.3 is 11.1 Å². The molecule has 0 aliphatic carbocycles. The standard InChI is InChI=1S/C13H21N3O.ClH/c1-9(2)7-13(3,4)12(17)16-10-5-6-11(14)15-8-10;/h5-6,8-9H,7H2,1-4H3,(H2,14,15)(H,16,17);1H. The highest BCUT2D eigenvalue weighted by molar-refractivity contribution is 5.94. The van der Waals surface area contributed by atoms with Crippen LogP contribution >= 0.6 is 12.4 Å². The van der Waals surface area contributed by atoms with E-state index < -0.39 is 0 Å². The molecule has 1 heterocycles. The van der Waals surface area contributed by atoms with Gasteiger partial charge in [-0.1, -0.05) is 27.7 Å². The Kier molecular flexibility index (Phi) is 6.12. The first-order chi connectivity index (χ1) is 7.81. The van der Waals surface area contributed by atoms with Crippen molar-refractivity contribution >= 4 is 29.8 Å². The Morgan fingerprint density at radius 1 is 1.44 bits per heavy atom. The van der Waals surface area contributed by atoms with Gasteiger partial charge in [0.1, 0.15) is 5.82 Å². The summed E-state index contributed by atoms with van der Waals surface area (Å²) in [5, 5.41) is 2.86. The van der Waals surface area contributed by atoms with Crippen molar-refractivity contribution in [3.05, 3.63) is 18.3 Å². The van der Waals surface area contributed by atoms with E-state index in [-0.39, 0.29) is 23.7 Å². The molecule has 1 aromatic rings. The zero-order chi connectivity index (χ0) is 13.1. The Labute approximate surface area is 115 Å². The minimum atomic E-state index is -0.379. The van der Waals surface area contributed by atoms with Crippen molar-refractivity contribution in [2.45, 2.75) is 34.1 Å². The van der Waals surface area contributed by atoms with E-state index in [9.17, 15) is 4.79 Å². The number of pyridine rings is 1. The highest BCUT2D eigenvalue weighted by atomic mass is 35.5. The van der Waals surface area contributed by atoms with Crippen molar-refractivity contribution in [3.63, 3.8) is 0 Å². The molecule has 0 fully saturated rings. The van der Waals surface area contributed by atoms with E-state index >= 15 is 0 Å². The average molecular weight is 272 g/mol. The van der Waals surface area contributed by atoms with Crippen LogP contribution in [0.1, 0.15) is 34.1 Å². The molecule has 0 aliphatic rings. The Morgan fingerprint density at radius 2 is 2.06 bits per heavy atom. The van der Waals surface area contributed by atoms with Gasteiger partial charge in [-0.2, -0.15) is 0 Å². The largest absolute Gasteiger partial charge is 0.384 e. The summed E-state index contributed by atoms with van der Waals surface area (Å²) < 4.78 is 0. The van der Waals surface area contributed by atoms with Gasteiger partial charge in [-0.3, -0.25) is 4.79 Å². The molecule has 3 N–H and O–H groups in total. The number of hydrogen-bond donors (Lipinski definition) is 2.